The molecule has 142 valence electrons. The molecule has 0 unspecified atom stereocenters. The molecule has 0 aromatic carbocycles. The van der Waals surface area contributed by atoms with Crippen molar-refractivity contribution in [2.75, 3.05) is 5.32 Å². The number of aromatic nitrogens is 4. The standard InChI is InChI=1S/C20H18FN5O2/c1-3-4-14-7-12(2)16(11-23-14)15-8-13-10-24-18(25-20(27)28-21)9-17(13)26-6-5-22-19(15)26/h5-11H,3-4H2,1-2H3,(H,24,25,27). The quantitative estimate of drug-likeness (QED) is 0.559. The first-order valence-corrected chi connectivity index (χ1v) is 8.92. The Morgan fingerprint density at radius 3 is 2.79 bits per heavy atom. The summed E-state index contributed by atoms with van der Waals surface area (Å²) in [6, 6.07) is 5.74. The van der Waals surface area contributed by atoms with Crippen molar-refractivity contribution in [2.45, 2.75) is 26.7 Å². The largest absolute Gasteiger partial charge is 0.450 e. The van der Waals surface area contributed by atoms with Crippen molar-refractivity contribution in [2.24, 2.45) is 0 Å². The number of fused-ring (bicyclic) bond motifs is 3. The molecule has 8 heteroatoms. The first-order chi connectivity index (χ1) is 13.6. The fourth-order valence-electron chi connectivity index (χ4n) is 3.37. The second kappa shape index (κ2) is 7.22. The minimum absolute atomic E-state index is 0.180. The highest BCUT2D eigenvalue weighted by Gasteiger charge is 2.14. The van der Waals surface area contributed by atoms with Crippen LogP contribution >= 0.6 is 0 Å². The number of hydrogen-bond donors (Lipinski definition) is 1. The van der Waals surface area contributed by atoms with Crippen LogP contribution in [0, 0.1) is 6.92 Å². The monoisotopic (exact) mass is 379 g/mol. The van der Waals surface area contributed by atoms with Gasteiger partial charge in [-0.25, -0.2) is 19.7 Å². The van der Waals surface area contributed by atoms with Gasteiger partial charge >= 0.3 is 6.09 Å². The van der Waals surface area contributed by atoms with Crippen molar-refractivity contribution in [1.29, 1.82) is 0 Å². The van der Waals surface area contributed by atoms with E-state index in [2.05, 4.69) is 45.1 Å². The molecule has 7 nitrogen and oxygen atoms in total. The van der Waals surface area contributed by atoms with Crippen molar-refractivity contribution in [3.8, 4) is 11.1 Å². The van der Waals surface area contributed by atoms with Crippen LogP contribution in [0.5, 0.6) is 0 Å². The highest BCUT2D eigenvalue weighted by Crippen LogP contribution is 2.31. The van der Waals surface area contributed by atoms with E-state index in [1.54, 1.807) is 18.5 Å². The third-order valence-electron chi connectivity index (χ3n) is 4.62. The van der Waals surface area contributed by atoms with Gasteiger partial charge in [0.25, 0.3) is 0 Å². The molecule has 1 amide bonds. The Hall–Kier alpha value is -3.55. The number of carbonyl (C=O) groups is 1. The van der Waals surface area contributed by atoms with Gasteiger partial charge in [0.15, 0.2) is 0 Å². The zero-order chi connectivity index (χ0) is 19.7. The Morgan fingerprint density at radius 1 is 1.18 bits per heavy atom. The summed E-state index contributed by atoms with van der Waals surface area (Å²) in [4.78, 5) is 27.5. The Bertz CT molecular complexity index is 1190. The first-order valence-electron chi connectivity index (χ1n) is 8.92. The van der Waals surface area contributed by atoms with Gasteiger partial charge in [0.05, 0.1) is 5.52 Å². The molecule has 0 bridgehead atoms. The Morgan fingerprint density at radius 2 is 2.04 bits per heavy atom. The van der Waals surface area contributed by atoms with Crippen molar-refractivity contribution >= 4 is 28.5 Å². The molecule has 4 aromatic rings. The lowest BCUT2D eigenvalue weighted by Crippen LogP contribution is -2.10. The van der Waals surface area contributed by atoms with E-state index in [0.717, 1.165) is 51.8 Å². The van der Waals surface area contributed by atoms with E-state index in [4.69, 9.17) is 0 Å². The molecule has 0 saturated heterocycles. The number of imidazole rings is 1. The van der Waals surface area contributed by atoms with Crippen molar-refractivity contribution in [1.82, 2.24) is 19.4 Å². The van der Waals surface area contributed by atoms with Crippen LogP contribution in [0.15, 0.2) is 43.0 Å². The number of halogens is 1. The fourth-order valence-corrected chi connectivity index (χ4v) is 3.37. The van der Waals surface area contributed by atoms with Gasteiger partial charge < -0.3 is 0 Å². The molecule has 0 radical (unpaired) electrons. The van der Waals surface area contributed by atoms with Crippen molar-refractivity contribution in [3.63, 3.8) is 0 Å². The fraction of sp³-hybridized carbons (Fsp3) is 0.200. The Labute approximate surface area is 160 Å². The molecule has 0 saturated carbocycles. The number of rotatable bonds is 4. The molecule has 1 N–H and O–H groups in total. The molecular formula is C20H18FN5O2. The van der Waals surface area contributed by atoms with Gasteiger partial charge in [0.1, 0.15) is 11.5 Å². The second-order valence-corrected chi connectivity index (χ2v) is 6.54. The third-order valence-corrected chi connectivity index (χ3v) is 4.62. The summed E-state index contributed by atoms with van der Waals surface area (Å²) in [5, 5.41) is 3.07. The summed E-state index contributed by atoms with van der Waals surface area (Å²) in [5.41, 5.74) is 5.66. The highest BCUT2D eigenvalue weighted by molar-refractivity contribution is 5.94. The average Bonchev–Trinajstić information content (AvgIpc) is 3.18. The number of hydrogen-bond acceptors (Lipinski definition) is 5. The summed E-state index contributed by atoms with van der Waals surface area (Å²) in [5.74, 6) is 0.180. The molecule has 0 fully saturated rings. The summed E-state index contributed by atoms with van der Waals surface area (Å²) in [6.45, 7) is 4.19. The van der Waals surface area contributed by atoms with E-state index in [1.807, 2.05) is 22.9 Å². The highest BCUT2D eigenvalue weighted by atomic mass is 19.3. The van der Waals surface area contributed by atoms with Gasteiger partial charge in [-0.2, -0.15) is 0 Å². The number of nitrogens with zero attached hydrogens (tertiary/aromatic N) is 4. The molecule has 4 heterocycles. The molecule has 28 heavy (non-hydrogen) atoms. The SMILES string of the molecule is CCCc1cc(C)c(-c2cc3cnc(NC(=O)OF)cc3n3ccnc23)cn1. The number of pyridine rings is 3. The van der Waals surface area contributed by atoms with Crippen molar-refractivity contribution < 1.29 is 14.3 Å². The van der Waals surface area contributed by atoms with Crippen LogP contribution < -0.4 is 5.32 Å². The lowest BCUT2D eigenvalue weighted by molar-refractivity contribution is -0.0544. The zero-order valence-electron chi connectivity index (χ0n) is 15.4. The Kier molecular flexibility index (Phi) is 4.60. The van der Waals surface area contributed by atoms with Crippen LogP contribution in [0.2, 0.25) is 0 Å². The summed E-state index contributed by atoms with van der Waals surface area (Å²) < 4.78 is 13.9. The summed E-state index contributed by atoms with van der Waals surface area (Å²) in [7, 11) is 0. The van der Waals surface area contributed by atoms with E-state index in [1.165, 1.54) is 0 Å². The van der Waals surface area contributed by atoms with Crippen LogP contribution in [-0.2, 0) is 11.4 Å². The smallest absolute Gasteiger partial charge is 0.299 e. The minimum atomic E-state index is -1.22. The predicted molar refractivity (Wildman–Crippen MR) is 104 cm³/mol. The van der Waals surface area contributed by atoms with Crippen LogP contribution in [0.1, 0.15) is 24.6 Å². The molecule has 0 aliphatic carbocycles. The van der Waals surface area contributed by atoms with Gasteiger partial charge in [0, 0.05) is 57.6 Å². The van der Waals surface area contributed by atoms with E-state index < -0.39 is 6.09 Å². The van der Waals surface area contributed by atoms with Crippen LogP contribution in [0.4, 0.5) is 15.1 Å². The summed E-state index contributed by atoms with van der Waals surface area (Å²) >= 11 is 0. The van der Waals surface area contributed by atoms with Gasteiger partial charge in [-0.1, -0.05) is 13.3 Å². The zero-order valence-corrected chi connectivity index (χ0v) is 15.4. The molecule has 0 aliphatic heterocycles. The Balaban J connectivity index is 1.87. The topological polar surface area (TPSA) is 81.4 Å². The molecular weight excluding hydrogens is 361 g/mol. The molecule has 4 aromatic heterocycles. The lowest BCUT2D eigenvalue weighted by Gasteiger charge is -2.12. The van der Waals surface area contributed by atoms with Crippen LogP contribution in [-0.4, -0.2) is 25.4 Å². The maximum absolute atomic E-state index is 12.0. The summed E-state index contributed by atoms with van der Waals surface area (Å²) in [6.07, 6.45) is 7.79. The van der Waals surface area contributed by atoms with Crippen LogP contribution in [0.25, 0.3) is 27.7 Å². The number of aryl methyl sites for hydroxylation is 2. The average molecular weight is 379 g/mol. The molecule has 0 spiro atoms. The van der Waals surface area contributed by atoms with Crippen molar-refractivity contribution in [3.05, 3.63) is 54.2 Å². The second-order valence-electron chi connectivity index (χ2n) is 6.54. The third kappa shape index (κ3) is 3.13. The van der Waals surface area contributed by atoms with Gasteiger partial charge in [-0.05, 0) is 31.0 Å². The van der Waals surface area contributed by atoms with Crippen LogP contribution in [0.3, 0.4) is 0 Å². The van der Waals surface area contributed by atoms with E-state index in [9.17, 15) is 9.32 Å². The molecule has 4 rings (SSSR count). The minimum Gasteiger partial charge on any atom is -0.299 e. The van der Waals surface area contributed by atoms with Gasteiger partial charge in [-0.3, -0.25) is 14.7 Å². The van der Waals surface area contributed by atoms with E-state index in [-0.39, 0.29) is 5.82 Å². The molecule has 0 atom stereocenters. The van der Waals surface area contributed by atoms with E-state index in [0.29, 0.717) is 0 Å². The maximum Gasteiger partial charge on any atom is 0.450 e. The number of nitrogens with one attached hydrogen (secondary N) is 1. The number of carbonyl (C=O) groups excluding carboxylic acids is 1. The van der Waals surface area contributed by atoms with E-state index >= 15 is 0 Å². The maximum atomic E-state index is 12.0. The lowest BCUT2D eigenvalue weighted by atomic mass is 10.0. The normalized spacial score (nSPS) is 11.1. The number of anilines is 1. The predicted octanol–water partition coefficient (Wildman–Crippen LogP) is 4.64. The molecule has 0 aliphatic rings. The van der Waals surface area contributed by atoms with Gasteiger partial charge in [-0.15, -0.1) is 0 Å². The number of amides is 1. The first kappa shape index (κ1) is 17.8. The van der Waals surface area contributed by atoms with Gasteiger partial charge in [0.2, 0.25) is 0 Å².